The van der Waals surface area contributed by atoms with Crippen molar-refractivity contribution in [3.63, 3.8) is 0 Å². The fraction of sp³-hybridized carbons (Fsp3) is 0.0588. The molecule has 2 aliphatic rings. The van der Waals surface area contributed by atoms with Crippen molar-refractivity contribution in [1.29, 1.82) is 0 Å². The summed E-state index contributed by atoms with van der Waals surface area (Å²) in [5.41, 5.74) is 18.5. The average Bonchev–Trinajstić information content (AvgIpc) is 3.46. The highest BCUT2D eigenvalue weighted by molar-refractivity contribution is 5.99. The minimum atomic E-state index is 1.04. The molecule has 4 nitrogen and oxygen atoms in total. The summed E-state index contributed by atoms with van der Waals surface area (Å²) in [6.45, 7) is 0. The van der Waals surface area contributed by atoms with Crippen molar-refractivity contribution in [3.05, 3.63) is 290 Å². The summed E-state index contributed by atoms with van der Waals surface area (Å²) in [4.78, 5) is 9.47. The molecule has 2 aliphatic carbocycles. The van der Waals surface area contributed by atoms with Crippen molar-refractivity contribution in [3.8, 4) is 11.1 Å². The Kier molecular flexibility index (Phi) is 12.3. The Morgan fingerprint density at radius 1 is 0.278 bits per heavy atom. The molecule has 346 valence electrons. The van der Waals surface area contributed by atoms with Crippen LogP contribution in [0.1, 0.15) is 30.4 Å². The van der Waals surface area contributed by atoms with Gasteiger partial charge in [-0.1, -0.05) is 152 Å². The molecule has 0 saturated carbocycles. The van der Waals surface area contributed by atoms with Gasteiger partial charge in [0.1, 0.15) is 0 Å². The Morgan fingerprint density at radius 2 is 0.694 bits per heavy atom. The van der Waals surface area contributed by atoms with E-state index in [1.807, 2.05) is 0 Å². The Bertz CT molecular complexity index is 3500. The molecule has 12 rings (SSSR count). The number of fused-ring (bicyclic) bond motifs is 2. The molecule has 0 N–H and O–H groups in total. The summed E-state index contributed by atoms with van der Waals surface area (Å²) < 4.78 is 0. The lowest BCUT2D eigenvalue weighted by Gasteiger charge is -2.31. The zero-order valence-electron chi connectivity index (χ0n) is 40.2. The van der Waals surface area contributed by atoms with Crippen molar-refractivity contribution >= 4 is 79.4 Å². The Labute approximate surface area is 423 Å². The molecule has 0 fully saturated rings. The zero-order valence-corrected chi connectivity index (χ0v) is 40.2. The second-order valence-electron chi connectivity index (χ2n) is 18.4. The van der Waals surface area contributed by atoms with E-state index >= 15 is 0 Å². The molecule has 0 radical (unpaired) electrons. The Hall–Kier alpha value is -9.12. The van der Waals surface area contributed by atoms with Crippen molar-refractivity contribution in [2.24, 2.45) is 0 Å². The van der Waals surface area contributed by atoms with Crippen LogP contribution in [0.25, 0.3) is 28.0 Å². The van der Waals surface area contributed by atoms with E-state index in [9.17, 15) is 0 Å². The maximum absolute atomic E-state index is 2.42. The molecule has 0 aromatic heterocycles. The van der Waals surface area contributed by atoms with Gasteiger partial charge in [-0.2, -0.15) is 0 Å². The molecular weight excluding hydrogens is 873 g/mol. The monoisotopic (exact) mass is 926 g/mol. The first-order chi connectivity index (χ1) is 35.7. The van der Waals surface area contributed by atoms with E-state index in [2.05, 4.69) is 299 Å². The van der Waals surface area contributed by atoms with Gasteiger partial charge in [0.25, 0.3) is 0 Å². The number of hydrogen-bond donors (Lipinski definition) is 0. The van der Waals surface area contributed by atoms with E-state index in [0.29, 0.717) is 0 Å². The van der Waals surface area contributed by atoms with Crippen molar-refractivity contribution < 1.29 is 0 Å². The van der Waals surface area contributed by atoms with Gasteiger partial charge in [-0.15, -0.1) is 0 Å². The number of allylic oxidation sites excluding steroid dienone is 4. The maximum Gasteiger partial charge on any atom is 0.0540 e. The predicted octanol–water partition coefficient (Wildman–Crippen LogP) is 19.2. The highest BCUT2D eigenvalue weighted by atomic mass is 15.2. The molecule has 4 heteroatoms. The third-order valence-corrected chi connectivity index (χ3v) is 13.9. The van der Waals surface area contributed by atoms with E-state index in [-0.39, 0.29) is 0 Å². The first-order valence-corrected chi connectivity index (χ1v) is 25.1. The van der Waals surface area contributed by atoms with Crippen LogP contribution in [0.2, 0.25) is 0 Å². The minimum absolute atomic E-state index is 1.04. The zero-order chi connectivity index (χ0) is 48.1. The van der Waals surface area contributed by atoms with Gasteiger partial charge in [-0.05, 0) is 175 Å². The number of hydrogen-bond acceptors (Lipinski definition) is 4. The second-order valence-corrected chi connectivity index (χ2v) is 18.4. The van der Waals surface area contributed by atoms with Crippen molar-refractivity contribution in [2.75, 3.05) is 19.6 Å². The highest BCUT2D eigenvalue weighted by Gasteiger charge is 2.22. The molecular formula is C68H54N4. The molecule has 10 aromatic rings. The first kappa shape index (κ1) is 44.1. The molecule has 0 unspecified atom stereocenters. The lowest BCUT2D eigenvalue weighted by Crippen LogP contribution is -2.17. The third-order valence-electron chi connectivity index (χ3n) is 13.9. The molecule has 0 atom stereocenters. The van der Waals surface area contributed by atoms with E-state index in [1.54, 1.807) is 0 Å². The fourth-order valence-electron chi connectivity index (χ4n) is 10.4. The summed E-state index contributed by atoms with van der Waals surface area (Å²) in [5.74, 6) is 0. The lowest BCUT2D eigenvalue weighted by atomic mass is 9.95. The van der Waals surface area contributed by atoms with E-state index < -0.39 is 0 Å². The molecule has 72 heavy (non-hydrogen) atoms. The van der Waals surface area contributed by atoms with Gasteiger partial charge >= 0.3 is 0 Å². The van der Waals surface area contributed by atoms with Crippen LogP contribution in [-0.2, 0) is 6.42 Å². The predicted molar refractivity (Wildman–Crippen MR) is 306 cm³/mol. The minimum Gasteiger partial charge on any atom is -0.311 e. The molecule has 10 aromatic carbocycles. The van der Waals surface area contributed by atoms with E-state index in [4.69, 9.17) is 0 Å². The van der Waals surface area contributed by atoms with Gasteiger partial charge in [0.05, 0.1) is 11.4 Å². The van der Waals surface area contributed by atoms with Gasteiger partial charge in [0.15, 0.2) is 0 Å². The van der Waals surface area contributed by atoms with Crippen LogP contribution in [0.3, 0.4) is 0 Å². The standard InChI is InChI=1S/C68H54N4/c1-5-23-55(24-6-1)69(56-25-7-2-8-26-56)59-43-47-63(48-44-59)71(67-33-17-21-53-19-13-15-31-65(53)67)61-39-35-51(36-40-61)52-37-41-62(42-38-52)72(68-34-18-22-54-20-14-16-32-66(54)68)64-49-45-60(46-50-64)70(57-27-9-3-10-28-57)58-29-11-4-12-30-58/h1-3,5-11,13,15-19,21-50H,4,12,14,20H2. The average molecular weight is 927 g/mol. The van der Waals surface area contributed by atoms with Gasteiger partial charge in [0, 0.05) is 67.8 Å². The smallest absolute Gasteiger partial charge is 0.0540 e. The van der Waals surface area contributed by atoms with Crippen LogP contribution in [-0.4, -0.2) is 0 Å². The van der Waals surface area contributed by atoms with Gasteiger partial charge in [-0.25, -0.2) is 0 Å². The number of anilines is 11. The topological polar surface area (TPSA) is 13.0 Å². The normalized spacial score (nSPS) is 12.8. The Morgan fingerprint density at radius 3 is 1.25 bits per heavy atom. The van der Waals surface area contributed by atoms with Crippen molar-refractivity contribution in [2.45, 2.75) is 25.7 Å². The number of nitrogens with zero attached hydrogens (tertiary/aromatic N) is 4. The molecule has 0 bridgehead atoms. The van der Waals surface area contributed by atoms with Gasteiger partial charge < -0.3 is 19.6 Å². The third kappa shape index (κ3) is 8.87. The van der Waals surface area contributed by atoms with Crippen LogP contribution in [0.4, 0.5) is 62.6 Å². The second kappa shape index (κ2) is 20.1. The number of para-hydroxylation sites is 3. The van der Waals surface area contributed by atoms with E-state index in [1.165, 1.54) is 33.3 Å². The molecule has 0 spiro atoms. The SMILES string of the molecule is C1=CC(N(c2ccccc2)c2ccc(N(c3ccc(-c4ccc(N(c5ccc(N(c6ccccc6)c6ccccc6)cc5)c5cccc6ccccc56)cc4)cc3)c3cccc4c3C=CCC4)cc2)=CCC1. The molecule has 0 saturated heterocycles. The summed E-state index contributed by atoms with van der Waals surface area (Å²) in [5, 5.41) is 2.40. The molecule has 0 aliphatic heterocycles. The summed E-state index contributed by atoms with van der Waals surface area (Å²) in [7, 11) is 0. The summed E-state index contributed by atoms with van der Waals surface area (Å²) >= 11 is 0. The van der Waals surface area contributed by atoms with Gasteiger partial charge in [0.2, 0.25) is 0 Å². The highest BCUT2D eigenvalue weighted by Crippen LogP contribution is 2.44. The molecule has 0 amide bonds. The molecule has 0 heterocycles. The largest absolute Gasteiger partial charge is 0.311 e. The summed E-state index contributed by atoms with van der Waals surface area (Å²) in [6.07, 6.45) is 15.7. The van der Waals surface area contributed by atoms with Crippen LogP contribution < -0.4 is 19.6 Å². The van der Waals surface area contributed by atoms with Crippen LogP contribution in [0.15, 0.2) is 279 Å². The number of aryl methyl sites for hydroxylation is 1. The Balaban J connectivity index is 0.885. The summed E-state index contributed by atoms with van der Waals surface area (Å²) in [6, 6.07) is 90.0. The fourth-order valence-corrected chi connectivity index (χ4v) is 10.4. The van der Waals surface area contributed by atoms with Crippen LogP contribution in [0.5, 0.6) is 0 Å². The van der Waals surface area contributed by atoms with Crippen LogP contribution >= 0.6 is 0 Å². The first-order valence-electron chi connectivity index (χ1n) is 25.1. The number of benzene rings is 10. The maximum atomic E-state index is 2.42. The lowest BCUT2D eigenvalue weighted by molar-refractivity contribution is 0.983. The van der Waals surface area contributed by atoms with Crippen molar-refractivity contribution in [1.82, 2.24) is 0 Å². The van der Waals surface area contributed by atoms with Gasteiger partial charge in [-0.3, -0.25) is 0 Å². The van der Waals surface area contributed by atoms with E-state index in [0.717, 1.165) is 93.7 Å². The quantitative estimate of drug-likeness (QED) is 0.114. The van der Waals surface area contributed by atoms with Crippen LogP contribution in [0, 0.1) is 0 Å². The number of rotatable bonds is 13.